The number of nitrogens with zero attached hydrogens (tertiary/aromatic N) is 2. The summed E-state index contributed by atoms with van der Waals surface area (Å²) < 4.78 is 4.44. The van der Waals surface area contributed by atoms with E-state index in [1.165, 1.54) is 11.4 Å². The lowest BCUT2D eigenvalue weighted by Crippen LogP contribution is -2.32. The van der Waals surface area contributed by atoms with Gasteiger partial charge >= 0.3 is 0 Å². The van der Waals surface area contributed by atoms with E-state index in [2.05, 4.69) is 42.4 Å². The normalized spacial score (nSPS) is 14.8. The molecule has 2 unspecified atom stereocenters. The van der Waals surface area contributed by atoms with E-state index in [1.54, 1.807) is 11.5 Å². The van der Waals surface area contributed by atoms with Crippen molar-refractivity contribution >= 4 is 11.5 Å². The van der Waals surface area contributed by atoms with E-state index in [0.717, 1.165) is 31.6 Å². The number of rotatable bonds is 8. The van der Waals surface area contributed by atoms with Crippen LogP contribution in [-0.2, 0) is 6.42 Å². The summed E-state index contributed by atoms with van der Waals surface area (Å²) in [4.78, 5) is 4.67. The summed E-state index contributed by atoms with van der Waals surface area (Å²) >= 11 is 1.58. The summed E-state index contributed by atoms with van der Waals surface area (Å²) in [5, 5.41) is 4.76. The zero-order valence-electron chi connectivity index (χ0n) is 11.5. The molecule has 1 heterocycles. The highest BCUT2D eigenvalue weighted by Crippen LogP contribution is 2.25. The van der Waals surface area contributed by atoms with Gasteiger partial charge in [-0.15, -0.1) is 0 Å². The molecule has 0 aliphatic heterocycles. The lowest BCUT2D eigenvalue weighted by Gasteiger charge is -2.21. The first-order valence-electron chi connectivity index (χ1n) is 6.78. The molecular weight excluding hydrogens is 230 g/mol. The summed E-state index contributed by atoms with van der Waals surface area (Å²) in [6.45, 7) is 9.94. The van der Waals surface area contributed by atoms with Crippen molar-refractivity contribution in [1.82, 2.24) is 14.7 Å². The summed E-state index contributed by atoms with van der Waals surface area (Å²) in [6.07, 6.45) is 4.43. The van der Waals surface area contributed by atoms with Crippen LogP contribution in [0.5, 0.6) is 0 Å². The first-order chi connectivity index (χ1) is 8.22. The van der Waals surface area contributed by atoms with Crippen LogP contribution in [0.3, 0.4) is 0 Å². The van der Waals surface area contributed by atoms with Crippen molar-refractivity contribution in [3.8, 4) is 0 Å². The van der Waals surface area contributed by atoms with Gasteiger partial charge in [0.15, 0.2) is 0 Å². The van der Waals surface area contributed by atoms with Crippen LogP contribution in [0.4, 0.5) is 0 Å². The lowest BCUT2D eigenvalue weighted by atomic mass is 9.99. The van der Waals surface area contributed by atoms with E-state index in [-0.39, 0.29) is 0 Å². The van der Waals surface area contributed by atoms with E-state index in [4.69, 9.17) is 0 Å². The zero-order chi connectivity index (χ0) is 12.7. The minimum Gasteiger partial charge on any atom is -0.314 e. The molecule has 2 atom stereocenters. The van der Waals surface area contributed by atoms with E-state index in [0.29, 0.717) is 12.0 Å². The van der Waals surface area contributed by atoms with Crippen LogP contribution in [0.2, 0.25) is 0 Å². The second kappa shape index (κ2) is 7.77. The highest BCUT2D eigenvalue weighted by Gasteiger charge is 2.20. The summed E-state index contributed by atoms with van der Waals surface area (Å²) in [5.41, 5.74) is 0. The minimum atomic E-state index is 0.488. The molecule has 0 bridgehead atoms. The average molecular weight is 255 g/mol. The van der Waals surface area contributed by atoms with Crippen LogP contribution in [0.25, 0.3) is 0 Å². The molecule has 1 aromatic heterocycles. The molecule has 0 amide bonds. The van der Waals surface area contributed by atoms with Crippen LogP contribution < -0.4 is 5.32 Å². The van der Waals surface area contributed by atoms with Crippen LogP contribution in [0, 0.1) is 0 Å². The zero-order valence-corrected chi connectivity index (χ0v) is 12.3. The maximum absolute atomic E-state index is 4.67. The second-order valence-electron chi connectivity index (χ2n) is 4.56. The topological polar surface area (TPSA) is 37.8 Å². The van der Waals surface area contributed by atoms with E-state index in [1.807, 2.05) is 0 Å². The van der Waals surface area contributed by atoms with E-state index in [9.17, 15) is 0 Å². The van der Waals surface area contributed by atoms with Crippen LogP contribution >= 0.6 is 11.5 Å². The maximum atomic E-state index is 4.67. The molecule has 0 aliphatic rings. The predicted octanol–water partition coefficient (Wildman–Crippen LogP) is 3.37. The van der Waals surface area contributed by atoms with Crippen molar-refractivity contribution in [2.75, 3.05) is 6.54 Å². The number of hydrogen-bond donors (Lipinski definition) is 1. The third kappa shape index (κ3) is 4.36. The van der Waals surface area contributed by atoms with Gasteiger partial charge in [-0.05, 0) is 44.3 Å². The molecule has 3 nitrogen and oxygen atoms in total. The van der Waals surface area contributed by atoms with Crippen LogP contribution in [-0.4, -0.2) is 21.9 Å². The highest BCUT2D eigenvalue weighted by atomic mass is 32.1. The van der Waals surface area contributed by atoms with Gasteiger partial charge in [-0.3, -0.25) is 0 Å². The smallest absolute Gasteiger partial charge is 0.142 e. The predicted molar refractivity (Wildman–Crippen MR) is 74.7 cm³/mol. The van der Waals surface area contributed by atoms with Gasteiger partial charge in [0.25, 0.3) is 0 Å². The average Bonchev–Trinajstić information content (AvgIpc) is 2.76. The molecule has 98 valence electrons. The number of hydrogen-bond acceptors (Lipinski definition) is 4. The fraction of sp³-hybridized carbons (Fsp3) is 0.846. The number of nitrogens with one attached hydrogen (secondary N) is 1. The van der Waals surface area contributed by atoms with Crippen LogP contribution in [0.15, 0.2) is 0 Å². The molecular formula is C13H25N3S. The standard InChI is InChI=1S/C13H25N3S/c1-5-8-12-15-13(17-16-12)11(7-3)10(4)14-9-6-2/h10-11,14H,5-9H2,1-4H3. The fourth-order valence-electron chi connectivity index (χ4n) is 2.00. The molecule has 0 radical (unpaired) electrons. The van der Waals surface area contributed by atoms with Crippen molar-refractivity contribution in [3.63, 3.8) is 0 Å². The Balaban J connectivity index is 2.64. The van der Waals surface area contributed by atoms with Gasteiger partial charge in [0, 0.05) is 18.4 Å². The van der Waals surface area contributed by atoms with Crippen molar-refractivity contribution < 1.29 is 0 Å². The summed E-state index contributed by atoms with van der Waals surface area (Å²) in [6, 6.07) is 0.488. The van der Waals surface area contributed by atoms with E-state index < -0.39 is 0 Å². The molecule has 17 heavy (non-hydrogen) atoms. The van der Waals surface area contributed by atoms with Gasteiger partial charge in [-0.1, -0.05) is 20.8 Å². The molecule has 0 saturated carbocycles. The third-order valence-electron chi connectivity index (χ3n) is 3.03. The highest BCUT2D eigenvalue weighted by molar-refractivity contribution is 7.05. The van der Waals surface area contributed by atoms with Crippen molar-refractivity contribution in [2.45, 2.75) is 65.3 Å². The molecule has 0 spiro atoms. The minimum absolute atomic E-state index is 0.488. The Morgan fingerprint density at radius 3 is 2.59 bits per heavy atom. The first-order valence-corrected chi connectivity index (χ1v) is 7.56. The molecule has 1 aromatic rings. The van der Waals surface area contributed by atoms with Gasteiger partial charge < -0.3 is 5.32 Å². The summed E-state index contributed by atoms with van der Waals surface area (Å²) in [7, 11) is 0. The number of aromatic nitrogens is 2. The Morgan fingerprint density at radius 1 is 1.24 bits per heavy atom. The molecule has 1 N–H and O–H groups in total. The Kier molecular flexibility index (Phi) is 6.66. The Hall–Kier alpha value is -0.480. The van der Waals surface area contributed by atoms with E-state index >= 15 is 0 Å². The van der Waals surface area contributed by atoms with Gasteiger partial charge in [-0.25, -0.2) is 4.98 Å². The van der Waals surface area contributed by atoms with Gasteiger partial charge in [0.05, 0.1) is 0 Å². The monoisotopic (exact) mass is 255 g/mol. The van der Waals surface area contributed by atoms with Crippen molar-refractivity contribution in [1.29, 1.82) is 0 Å². The molecule has 1 rings (SSSR count). The molecule has 0 fully saturated rings. The SMILES string of the molecule is CCCNC(C)C(CC)c1nc(CCC)ns1. The van der Waals surface area contributed by atoms with Gasteiger partial charge in [-0.2, -0.15) is 4.37 Å². The molecule has 4 heteroatoms. The molecule has 0 aromatic carbocycles. The Bertz CT molecular complexity index is 311. The number of aryl methyl sites for hydroxylation is 1. The lowest BCUT2D eigenvalue weighted by molar-refractivity contribution is 0.448. The van der Waals surface area contributed by atoms with Crippen molar-refractivity contribution in [2.24, 2.45) is 0 Å². The maximum Gasteiger partial charge on any atom is 0.142 e. The quantitative estimate of drug-likeness (QED) is 0.774. The van der Waals surface area contributed by atoms with Crippen molar-refractivity contribution in [3.05, 3.63) is 10.8 Å². The Labute approximate surface area is 109 Å². The summed E-state index contributed by atoms with van der Waals surface area (Å²) in [5.74, 6) is 1.53. The van der Waals surface area contributed by atoms with Gasteiger partial charge in [0.1, 0.15) is 10.8 Å². The molecule has 0 saturated heterocycles. The first kappa shape index (κ1) is 14.6. The van der Waals surface area contributed by atoms with Gasteiger partial charge in [0.2, 0.25) is 0 Å². The largest absolute Gasteiger partial charge is 0.314 e. The third-order valence-corrected chi connectivity index (χ3v) is 3.92. The van der Waals surface area contributed by atoms with Crippen LogP contribution in [0.1, 0.15) is 63.7 Å². The molecule has 0 aliphatic carbocycles. The second-order valence-corrected chi connectivity index (χ2v) is 5.34. The Morgan fingerprint density at radius 2 is 2.00 bits per heavy atom. The fourth-order valence-corrected chi connectivity index (χ4v) is 2.98.